The van der Waals surface area contributed by atoms with E-state index >= 15 is 0 Å². The van der Waals surface area contributed by atoms with E-state index in [1.165, 1.54) is 135 Å². The number of carbonyl (C=O) groups is 1. The molecule has 2 heterocycles. The van der Waals surface area contributed by atoms with Gasteiger partial charge >= 0.3 is 0 Å². The van der Waals surface area contributed by atoms with E-state index in [1.54, 1.807) is 6.08 Å². The SMILES string of the molecule is CC/C=C\C/C=C\C/C=C\C/C=C\C/C=C\C/C=C\C/C=C\C/C=C\C/C=C\CCCCCCCCCC(=O)NC(COC1OC(CO)C(OC2OC(CO)C(O)C(O)C2O)C(O)C1O)C(O)/C=C/CC/C=C/CC/C=C/CCCCCCCCCCCCCCCCCCCCCCC. The van der Waals surface area contributed by atoms with Crippen LogP contribution in [0.1, 0.15) is 296 Å². The lowest BCUT2D eigenvalue weighted by Gasteiger charge is -2.46. The highest BCUT2D eigenvalue weighted by atomic mass is 16.7. The Morgan fingerprint density at radius 3 is 1.10 bits per heavy atom. The van der Waals surface area contributed by atoms with Crippen LogP contribution in [0.2, 0.25) is 0 Å². The lowest BCUT2D eigenvalue weighted by molar-refractivity contribution is -0.359. The second-order valence-corrected chi connectivity index (χ2v) is 27.4. The van der Waals surface area contributed by atoms with Gasteiger partial charge in [-0.15, -0.1) is 0 Å². The van der Waals surface area contributed by atoms with Gasteiger partial charge in [0.25, 0.3) is 0 Å². The van der Waals surface area contributed by atoms with E-state index < -0.39 is 86.8 Å². The molecular weight excluding hydrogens is 1250 g/mol. The average Bonchev–Trinajstić information content (AvgIpc) is 0.790. The van der Waals surface area contributed by atoms with Crippen molar-refractivity contribution in [2.45, 2.75) is 370 Å². The third-order valence-electron chi connectivity index (χ3n) is 18.5. The molecule has 9 N–H and O–H groups in total. The Balaban J connectivity index is 1.67. The number of allylic oxidation sites excluding steroid dienone is 23. The summed E-state index contributed by atoms with van der Waals surface area (Å²) in [6.45, 7) is 2.67. The molecule has 0 radical (unpaired) electrons. The summed E-state index contributed by atoms with van der Waals surface area (Å²) in [5.74, 6) is -0.268. The van der Waals surface area contributed by atoms with Gasteiger partial charge in [-0.1, -0.05) is 320 Å². The Labute approximate surface area is 608 Å². The van der Waals surface area contributed by atoms with Gasteiger partial charge in [-0.2, -0.15) is 0 Å². The van der Waals surface area contributed by atoms with Crippen molar-refractivity contribution in [3.8, 4) is 0 Å². The Kier molecular flexibility index (Phi) is 62.5. The Hall–Kier alpha value is -4.13. The van der Waals surface area contributed by atoms with Gasteiger partial charge < -0.3 is 65.1 Å². The Morgan fingerprint density at radius 2 is 0.700 bits per heavy atom. The van der Waals surface area contributed by atoms with Crippen LogP contribution in [0.25, 0.3) is 0 Å². The maximum Gasteiger partial charge on any atom is 0.220 e. The predicted octanol–water partition coefficient (Wildman–Crippen LogP) is 18.4. The third-order valence-corrected chi connectivity index (χ3v) is 18.5. The van der Waals surface area contributed by atoms with Crippen molar-refractivity contribution < 1.29 is 64.6 Å². The van der Waals surface area contributed by atoms with Crippen molar-refractivity contribution >= 4 is 5.91 Å². The molecule has 14 nitrogen and oxygen atoms in total. The van der Waals surface area contributed by atoms with E-state index in [4.69, 9.17) is 18.9 Å². The summed E-state index contributed by atoms with van der Waals surface area (Å²) in [5.41, 5.74) is 0. The predicted molar refractivity (Wildman–Crippen MR) is 414 cm³/mol. The van der Waals surface area contributed by atoms with Crippen molar-refractivity contribution in [3.63, 3.8) is 0 Å². The summed E-state index contributed by atoms with van der Waals surface area (Å²) < 4.78 is 22.9. The first-order valence-corrected chi connectivity index (χ1v) is 40.1. The molecule has 2 rings (SSSR count). The number of hydrogen-bond acceptors (Lipinski definition) is 13. The maximum absolute atomic E-state index is 13.4. The first-order valence-electron chi connectivity index (χ1n) is 40.1. The lowest BCUT2D eigenvalue weighted by Crippen LogP contribution is -2.65. The van der Waals surface area contributed by atoms with Gasteiger partial charge in [0.05, 0.1) is 32.0 Å². The number of carbonyl (C=O) groups excluding carboxylic acids is 1. The van der Waals surface area contributed by atoms with Gasteiger partial charge in [0, 0.05) is 6.42 Å². The normalized spacial score (nSPS) is 22.7. The summed E-state index contributed by atoms with van der Waals surface area (Å²) in [6, 6.07) is -0.958. The molecule has 0 aromatic carbocycles. The summed E-state index contributed by atoms with van der Waals surface area (Å²) >= 11 is 0. The molecule has 0 aromatic rings. The molecule has 2 saturated heterocycles. The van der Waals surface area contributed by atoms with E-state index in [-0.39, 0.29) is 18.9 Å². The zero-order valence-electron chi connectivity index (χ0n) is 62.6. The van der Waals surface area contributed by atoms with Crippen LogP contribution in [0.3, 0.4) is 0 Å². The van der Waals surface area contributed by atoms with Gasteiger partial charge in [-0.3, -0.25) is 4.79 Å². The first kappa shape index (κ1) is 92.0. The molecule has 572 valence electrons. The molecule has 14 heteroatoms. The molecule has 0 aromatic heterocycles. The van der Waals surface area contributed by atoms with E-state index in [0.717, 1.165) is 128 Å². The largest absolute Gasteiger partial charge is 0.394 e. The number of aliphatic hydroxyl groups excluding tert-OH is 8. The summed E-state index contributed by atoms with van der Waals surface area (Å²) in [6.07, 6.45) is 86.3. The van der Waals surface area contributed by atoms with Crippen LogP contribution in [0.15, 0.2) is 146 Å². The van der Waals surface area contributed by atoms with Gasteiger partial charge in [0.1, 0.15) is 48.8 Å². The van der Waals surface area contributed by atoms with Crippen LogP contribution in [0.4, 0.5) is 0 Å². The van der Waals surface area contributed by atoms with Crippen molar-refractivity contribution in [1.29, 1.82) is 0 Å². The highest BCUT2D eigenvalue weighted by molar-refractivity contribution is 5.76. The maximum atomic E-state index is 13.4. The Morgan fingerprint density at radius 1 is 0.370 bits per heavy atom. The van der Waals surface area contributed by atoms with Crippen LogP contribution >= 0.6 is 0 Å². The summed E-state index contributed by atoms with van der Waals surface area (Å²) in [4.78, 5) is 13.4. The highest BCUT2D eigenvalue weighted by Crippen LogP contribution is 2.30. The monoisotopic (exact) mass is 1400 g/mol. The minimum atomic E-state index is -1.80. The molecule has 0 aliphatic carbocycles. The van der Waals surface area contributed by atoms with Gasteiger partial charge in [-0.05, 0) is 116 Å². The van der Waals surface area contributed by atoms with Gasteiger partial charge in [0.15, 0.2) is 12.6 Å². The van der Waals surface area contributed by atoms with Crippen LogP contribution in [0.5, 0.6) is 0 Å². The second-order valence-electron chi connectivity index (χ2n) is 27.4. The molecule has 1 amide bonds. The third kappa shape index (κ3) is 50.3. The molecular formula is C86H145NO13. The molecule has 0 saturated carbocycles. The van der Waals surface area contributed by atoms with E-state index in [2.05, 4.69) is 153 Å². The first-order chi connectivity index (χ1) is 49.1. The molecule has 0 bridgehead atoms. The van der Waals surface area contributed by atoms with Crippen molar-refractivity contribution in [1.82, 2.24) is 5.32 Å². The number of unbranched alkanes of at least 4 members (excludes halogenated alkanes) is 30. The van der Waals surface area contributed by atoms with Crippen LogP contribution in [-0.4, -0.2) is 140 Å². The Bertz CT molecular complexity index is 2250. The fraction of sp³-hybridized carbons (Fsp3) is 0.709. The molecule has 12 unspecified atom stereocenters. The zero-order chi connectivity index (χ0) is 72.2. The molecule has 2 aliphatic rings. The number of rotatable bonds is 65. The zero-order valence-corrected chi connectivity index (χ0v) is 62.6. The van der Waals surface area contributed by atoms with E-state index in [0.29, 0.717) is 12.8 Å². The summed E-state index contributed by atoms with van der Waals surface area (Å²) in [7, 11) is 0. The van der Waals surface area contributed by atoms with E-state index in [9.17, 15) is 45.6 Å². The fourth-order valence-electron chi connectivity index (χ4n) is 12.2. The van der Waals surface area contributed by atoms with Crippen LogP contribution in [0, 0.1) is 0 Å². The lowest BCUT2D eigenvalue weighted by atomic mass is 9.97. The standard InChI is InChI=1S/C86H145NO13/c1-3-5-7-9-11-13-15-17-19-21-23-25-27-29-31-33-35-36-37-38-40-42-44-46-48-50-52-54-56-58-60-62-64-66-68-70-78(91)87-74(73-97-85-83(96)81(94)84(77(72-89)99-85)100-86-82(95)80(93)79(92)76(71-88)98-86)75(90)69-67-65-63-61-59-57-55-53-51-49-47-45-43-41-39-34-32-30-28-26-24-22-20-18-16-14-12-10-8-6-4-2/h5,7,11,13,17,19,23,25,29,31,35-36,38,40,44,46,50-53,59,61,67,69,74-77,79-86,88-90,92-96H,3-4,6,8-10,12,14-16,18,20-22,24,26-28,30,32-34,37,39,41-43,45,47-49,54-58,60,62-66,68,70-73H2,1-2H3,(H,87,91)/b7-5-,13-11-,19-17-,25-23-,31-29-,36-35-,40-38-,46-44-,52-50-,53-51+,61-59+,69-67+. The average molecular weight is 1400 g/mol. The van der Waals surface area contributed by atoms with Crippen LogP contribution < -0.4 is 5.32 Å². The van der Waals surface area contributed by atoms with E-state index in [1.807, 2.05) is 6.08 Å². The molecule has 0 spiro atoms. The smallest absolute Gasteiger partial charge is 0.220 e. The number of aliphatic hydroxyl groups is 8. The number of nitrogens with one attached hydrogen (secondary N) is 1. The van der Waals surface area contributed by atoms with Crippen molar-refractivity contribution in [3.05, 3.63) is 146 Å². The van der Waals surface area contributed by atoms with Crippen LogP contribution in [-0.2, 0) is 23.7 Å². The minimum absolute atomic E-state index is 0.247. The molecule has 100 heavy (non-hydrogen) atoms. The topological polar surface area (TPSA) is 228 Å². The molecule has 12 atom stereocenters. The summed E-state index contributed by atoms with van der Waals surface area (Å²) in [5, 5.41) is 87.6. The minimum Gasteiger partial charge on any atom is -0.394 e. The second kappa shape index (κ2) is 68.0. The quantitative estimate of drug-likeness (QED) is 0.0204. The molecule has 2 fully saturated rings. The molecule has 2 aliphatic heterocycles. The van der Waals surface area contributed by atoms with Gasteiger partial charge in [-0.25, -0.2) is 0 Å². The fourth-order valence-corrected chi connectivity index (χ4v) is 12.2. The van der Waals surface area contributed by atoms with Crippen molar-refractivity contribution in [2.75, 3.05) is 19.8 Å². The number of ether oxygens (including phenoxy) is 4. The number of amides is 1. The van der Waals surface area contributed by atoms with Gasteiger partial charge in [0.2, 0.25) is 5.91 Å². The number of hydrogen-bond donors (Lipinski definition) is 9. The van der Waals surface area contributed by atoms with Crippen molar-refractivity contribution in [2.24, 2.45) is 0 Å². The highest BCUT2D eigenvalue weighted by Gasteiger charge is 2.51.